The zero-order valence-electron chi connectivity index (χ0n) is 9.67. The number of anilines is 1. The van der Waals surface area contributed by atoms with Gasteiger partial charge in [0.2, 0.25) is 0 Å². The molecular weight excluding hydrogens is 170 g/mol. The van der Waals surface area contributed by atoms with Gasteiger partial charge in [-0.25, -0.2) is 0 Å². The van der Waals surface area contributed by atoms with Gasteiger partial charge in [0, 0.05) is 5.69 Å². The van der Waals surface area contributed by atoms with Crippen LogP contribution in [0.2, 0.25) is 0 Å². The Morgan fingerprint density at radius 1 is 1.21 bits per heavy atom. The van der Waals surface area contributed by atoms with Gasteiger partial charge in [-0.05, 0) is 41.5 Å². The maximum Gasteiger partial charge on any atom is 0.0317 e. The molecule has 0 saturated carbocycles. The summed E-state index contributed by atoms with van der Waals surface area (Å²) in [5, 5.41) is 0. The van der Waals surface area contributed by atoms with Gasteiger partial charge in [0.15, 0.2) is 0 Å². The number of hydrogen-bond acceptors (Lipinski definition) is 1. The van der Waals surface area contributed by atoms with Crippen LogP contribution in [-0.2, 0) is 6.42 Å². The lowest BCUT2D eigenvalue weighted by Crippen LogP contribution is -2.06. The molecule has 0 aromatic heterocycles. The minimum absolute atomic E-state index is 0.591. The van der Waals surface area contributed by atoms with Crippen molar-refractivity contribution in [1.29, 1.82) is 0 Å². The fraction of sp³-hybridized carbons (Fsp3) is 0.538. The Morgan fingerprint density at radius 2 is 1.86 bits per heavy atom. The van der Waals surface area contributed by atoms with Crippen LogP contribution in [0.15, 0.2) is 18.2 Å². The van der Waals surface area contributed by atoms with E-state index in [1.165, 1.54) is 11.1 Å². The quantitative estimate of drug-likeness (QED) is 0.726. The number of hydrogen-bond donors (Lipinski definition) is 1. The first-order valence-corrected chi connectivity index (χ1v) is 5.44. The highest BCUT2D eigenvalue weighted by atomic mass is 14.5. The van der Waals surface area contributed by atoms with Gasteiger partial charge in [-0.2, -0.15) is 0 Å². The van der Waals surface area contributed by atoms with Crippen molar-refractivity contribution in [3.63, 3.8) is 0 Å². The molecular formula is C13H21N. The van der Waals surface area contributed by atoms with Crippen LogP contribution in [0.4, 0.5) is 5.69 Å². The number of aryl methyl sites for hydroxylation is 1. The lowest BCUT2D eigenvalue weighted by Gasteiger charge is -2.19. The van der Waals surface area contributed by atoms with Crippen molar-refractivity contribution in [2.75, 3.05) is 5.73 Å². The van der Waals surface area contributed by atoms with Gasteiger partial charge in [0.1, 0.15) is 0 Å². The van der Waals surface area contributed by atoms with E-state index in [-0.39, 0.29) is 0 Å². The predicted octanol–water partition coefficient (Wildman–Crippen LogP) is 3.59. The molecule has 1 aromatic rings. The zero-order chi connectivity index (χ0) is 10.7. The van der Waals surface area contributed by atoms with Crippen molar-refractivity contribution in [3.8, 4) is 0 Å². The summed E-state index contributed by atoms with van der Waals surface area (Å²) in [6.07, 6.45) is 1.09. The molecule has 1 nitrogen and oxygen atoms in total. The van der Waals surface area contributed by atoms with E-state index in [1.54, 1.807) is 0 Å². The molecule has 0 saturated heterocycles. The van der Waals surface area contributed by atoms with Gasteiger partial charge < -0.3 is 5.73 Å². The van der Waals surface area contributed by atoms with E-state index in [0.717, 1.165) is 12.1 Å². The molecule has 0 aliphatic heterocycles. The van der Waals surface area contributed by atoms with Crippen LogP contribution in [0.25, 0.3) is 0 Å². The SMILES string of the molecule is CCc1ccc(N)cc1C(C)C(C)C. The summed E-state index contributed by atoms with van der Waals surface area (Å²) in [5.74, 6) is 1.26. The fourth-order valence-corrected chi connectivity index (χ4v) is 1.72. The Bertz CT molecular complexity index is 302. The van der Waals surface area contributed by atoms with Crippen LogP contribution in [0.5, 0.6) is 0 Å². The third kappa shape index (κ3) is 2.28. The van der Waals surface area contributed by atoms with Gasteiger partial charge in [0.05, 0.1) is 0 Å². The first-order chi connectivity index (χ1) is 6.56. The summed E-state index contributed by atoms with van der Waals surface area (Å²) in [4.78, 5) is 0. The summed E-state index contributed by atoms with van der Waals surface area (Å²) in [5.41, 5.74) is 9.55. The summed E-state index contributed by atoms with van der Waals surface area (Å²) < 4.78 is 0. The van der Waals surface area contributed by atoms with E-state index < -0.39 is 0 Å². The third-order valence-corrected chi connectivity index (χ3v) is 3.04. The fourth-order valence-electron chi connectivity index (χ4n) is 1.72. The lowest BCUT2D eigenvalue weighted by atomic mass is 9.86. The molecule has 0 amide bonds. The van der Waals surface area contributed by atoms with Crippen molar-refractivity contribution in [2.45, 2.75) is 40.0 Å². The van der Waals surface area contributed by atoms with Gasteiger partial charge >= 0.3 is 0 Å². The van der Waals surface area contributed by atoms with Gasteiger partial charge in [-0.3, -0.25) is 0 Å². The minimum Gasteiger partial charge on any atom is -0.399 e. The van der Waals surface area contributed by atoms with E-state index in [9.17, 15) is 0 Å². The third-order valence-electron chi connectivity index (χ3n) is 3.04. The molecule has 1 heteroatoms. The van der Waals surface area contributed by atoms with Crippen molar-refractivity contribution >= 4 is 5.69 Å². The van der Waals surface area contributed by atoms with E-state index in [4.69, 9.17) is 5.73 Å². The maximum absolute atomic E-state index is 5.82. The number of nitrogens with two attached hydrogens (primary N) is 1. The van der Waals surface area contributed by atoms with Crippen molar-refractivity contribution in [2.24, 2.45) is 5.92 Å². The molecule has 0 radical (unpaired) electrons. The van der Waals surface area contributed by atoms with E-state index in [0.29, 0.717) is 11.8 Å². The highest BCUT2D eigenvalue weighted by Crippen LogP contribution is 2.28. The molecule has 1 unspecified atom stereocenters. The first-order valence-electron chi connectivity index (χ1n) is 5.44. The van der Waals surface area contributed by atoms with Crippen molar-refractivity contribution in [1.82, 2.24) is 0 Å². The number of benzene rings is 1. The second kappa shape index (κ2) is 4.50. The largest absolute Gasteiger partial charge is 0.399 e. The molecule has 14 heavy (non-hydrogen) atoms. The smallest absolute Gasteiger partial charge is 0.0317 e. The predicted molar refractivity (Wildman–Crippen MR) is 63.5 cm³/mol. The number of rotatable bonds is 3. The molecule has 0 fully saturated rings. The van der Waals surface area contributed by atoms with Gasteiger partial charge in [-0.15, -0.1) is 0 Å². The van der Waals surface area contributed by atoms with E-state index in [2.05, 4.69) is 39.8 Å². The zero-order valence-corrected chi connectivity index (χ0v) is 9.67. The number of nitrogen functional groups attached to an aromatic ring is 1. The Balaban J connectivity index is 3.10. The summed E-state index contributed by atoms with van der Waals surface area (Å²) in [6, 6.07) is 6.28. The Kier molecular flexibility index (Phi) is 3.56. The monoisotopic (exact) mass is 191 g/mol. The first kappa shape index (κ1) is 11.1. The molecule has 1 atom stereocenters. The van der Waals surface area contributed by atoms with Gasteiger partial charge in [-0.1, -0.05) is 33.8 Å². The van der Waals surface area contributed by atoms with Crippen LogP contribution >= 0.6 is 0 Å². The molecule has 1 rings (SSSR count). The maximum atomic E-state index is 5.82. The molecule has 0 bridgehead atoms. The van der Waals surface area contributed by atoms with Crippen LogP contribution in [-0.4, -0.2) is 0 Å². The Morgan fingerprint density at radius 3 is 2.36 bits per heavy atom. The van der Waals surface area contributed by atoms with Crippen LogP contribution in [0, 0.1) is 5.92 Å². The molecule has 0 spiro atoms. The van der Waals surface area contributed by atoms with E-state index in [1.807, 2.05) is 6.07 Å². The minimum atomic E-state index is 0.591. The van der Waals surface area contributed by atoms with Gasteiger partial charge in [0.25, 0.3) is 0 Å². The van der Waals surface area contributed by atoms with Crippen LogP contribution in [0.1, 0.15) is 44.7 Å². The summed E-state index contributed by atoms with van der Waals surface area (Å²) in [7, 11) is 0. The Labute approximate surface area is 87.3 Å². The van der Waals surface area contributed by atoms with Crippen LogP contribution < -0.4 is 5.73 Å². The average molecular weight is 191 g/mol. The molecule has 2 N–H and O–H groups in total. The normalized spacial score (nSPS) is 13.2. The molecule has 78 valence electrons. The standard InChI is InChI=1S/C13H21N/c1-5-11-6-7-12(14)8-13(11)10(4)9(2)3/h6-10H,5,14H2,1-4H3. The summed E-state index contributed by atoms with van der Waals surface area (Å²) in [6.45, 7) is 8.99. The van der Waals surface area contributed by atoms with Crippen LogP contribution in [0.3, 0.4) is 0 Å². The highest BCUT2D eigenvalue weighted by Gasteiger charge is 2.13. The summed E-state index contributed by atoms with van der Waals surface area (Å²) >= 11 is 0. The lowest BCUT2D eigenvalue weighted by molar-refractivity contribution is 0.532. The van der Waals surface area contributed by atoms with Crippen molar-refractivity contribution in [3.05, 3.63) is 29.3 Å². The molecule has 0 heterocycles. The Hall–Kier alpha value is -0.980. The second-order valence-corrected chi connectivity index (χ2v) is 4.34. The molecule has 1 aromatic carbocycles. The highest BCUT2D eigenvalue weighted by molar-refractivity contribution is 5.46. The van der Waals surface area contributed by atoms with E-state index >= 15 is 0 Å². The topological polar surface area (TPSA) is 26.0 Å². The average Bonchev–Trinajstić information content (AvgIpc) is 2.16. The molecule has 0 aliphatic rings. The second-order valence-electron chi connectivity index (χ2n) is 4.34. The molecule has 0 aliphatic carbocycles. The van der Waals surface area contributed by atoms with Crippen molar-refractivity contribution < 1.29 is 0 Å².